The highest BCUT2D eigenvalue weighted by Crippen LogP contribution is 2.41. The smallest absolute Gasteiger partial charge is 0.413 e. The highest BCUT2D eigenvalue weighted by atomic mass is 19.4. The number of carbonyl (C=O) groups excluding carboxylic acids is 1. The number of alkyl halides is 3. The van der Waals surface area contributed by atoms with Crippen molar-refractivity contribution in [3.63, 3.8) is 0 Å². The van der Waals surface area contributed by atoms with Gasteiger partial charge < -0.3 is 19.1 Å². The first kappa shape index (κ1) is 29.1. The van der Waals surface area contributed by atoms with Crippen LogP contribution < -0.4 is 4.90 Å². The highest BCUT2D eigenvalue weighted by molar-refractivity contribution is 5.69. The van der Waals surface area contributed by atoms with E-state index in [1.165, 1.54) is 39.1 Å². The number of halogens is 4. The van der Waals surface area contributed by atoms with Crippen LogP contribution in [-0.2, 0) is 14.2 Å². The molecule has 0 radical (unpaired) electrons. The summed E-state index contributed by atoms with van der Waals surface area (Å²) in [5, 5.41) is 9.00. The van der Waals surface area contributed by atoms with Gasteiger partial charge in [-0.05, 0) is 52.0 Å². The molecule has 0 N–H and O–H groups in total. The van der Waals surface area contributed by atoms with Crippen LogP contribution >= 0.6 is 0 Å². The molecular formula is C26H30F4N4O4. The van der Waals surface area contributed by atoms with Crippen molar-refractivity contribution in [2.24, 2.45) is 0 Å². The van der Waals surface area contributed by atoms with Gasteiger partial charge in [-0.3, -0.25) is 4.90 Å². The number of nitrogens with zero attached hydrogens (tertiary/aromatic N) is 4. The maximum atomic E-state index is 15.0. The van der Waals surface area contributed by atoms with Crippen LogP contribution in [0.15, 0.2) is 36.5 Å². The lowest BCUT2D eigenvalue weighted by Crippen LogP contribution is -2.48. The van der Waals surface area contributed by atoms with E-state index in [4.69, 9.17) is 19.5 Å². The van der Waals surface area contributed by atoms with Gasteiger partial charge in [-0.25, -0.2) is 14.2 Å². The normalized spacial score (nSPS) is 15.1. The van der Waals surface area contributed by atoms with E-state index >= 15 is 0 Å². The summed E-state index contributed by atoms with van der Waals surface area (Å²) >= 11 is 0. The molecule has 2 heterocycles. The van der Waals surface area contributed by atoms with Gasteiger partial charge in [0.05, 0.1) is 18.8 Å². The molecule has 206 valence electrons. The van der Waals surface area contributed by atoms with Gasteiger partial charge in [0.25, 0.3) is 0 Å². The van der Waals surface area contributed by atoms with E-state index in [9.17, 15) is 22.4 Å². The summed E-state index contributed by atoms with van der Waals surface area (Å²) in [6.07, 6.45) is -5.88. The Bertz CT molecular complexity index is 1140. The molecule has 0 spiro atoms. The molecule has 1 unspecified atom stereocenters. The fourth-order valence-electron chi connectivity index (χ4n) is 3.94. The Morgan fingerprint density at radius 1 is 1.18 bits per heavy atom. The van der Waals surface area contributed by atoms with E-state index in [-0.39, 0.29) is 25.3 Å². The zero-order valence-electron chi connectivity index (χ0n) is 21.6. The fourth-order valence-corrected chi connectivity index (χ4v) is 3.94. The first-order valence-corrected chi connectivity index (χ1v) is 12.0. The predicted octanol–water partition coefficient (Wildman–Crippen LogP) is 5.50. The van der Waals surface area contributed by atoms with Crippen LogP contribution in [0.25, 0.3) is 0 Å². The number of aromatic nitrogens is 1. The molecule has 1 saturated heterocycles. The molecule has 38 heavy (non-hydrogen) atoms. The van der Waals surface area contributed by atoms with Gasteiger partial charge in [0.2, 0.25) is 0 Å². The quantitative estimate of drug-likeness (QED) is 0.410. The molecule has 0 aliphatic carbocycles. The summed E-state index contributed by atoms with van der Waals surface area (Å²) in [5.41, 5.74) is -1.33. The van der Waals surface area contributed by atoms with E-state index in [0.29, 0.717) is 22.8 Å². The van der Waals surface area contributed by atoms with Crippen LogP contribution in [-0.4, -0.2) is 60.6 Å². The Morgan fingerprint density at radius 2 is 1.87 bits per heavy atom. The molecule has 1 aromatic carbocycles. The second-order valence-corrected chi connectivity index (χ2v) is 9.57. The maximum absolute atomic E-state index is 15.0. The van der Waals surface area contributed by atoms with Crippen LogP contribution in [0.2, 0.25) is 0 Å². The van der Waals surface area contributed by atoms with Crippen molar-refractivity contribution in [1.29, 1.82) is 5.26 Å². The van der Waals surface area contributed by atoms with E-state index in [1.54, 1.807) is 17.9 Å². The van der Waals surface area contributed by atoms with E-state index in [2.05, 4.69) is 4.98 Å². The molecule has 2 aromatic rings. The zero-order valence-corrected chi connectivity index (χ0v) is 21.6. The van der Waals surface area contributed by atoms with E-state index < -0.39 is 48.1 Å². The van der Waals surface area contributed by atoms with Crippen LogP contribution in [0.1, 0.15) is 56.7 Å². The lowest BCUT2D eigenvalue weighted by Gasteiger charge is -2.36. The Morgan fingerprint density at radius 3 is 2.39 bits per heavy atom. The second kappa shape index (κ2) is 12.0. The zero-order chi connectivity index (χ0) is 28.1. The molecule has 1 amide bonds. The van der Waals surface area contributed by atoms with Crippen molar-refractivity contribution in [1.82, 2.24) is 9.88 Å². The lowest BCUT2D eigenvalue weighted by molar-refractivity contribution is -0.184. The van der Waals surface area contributed by atoms with Gasteiger partial charge >= 0.3 is 12.3 Å². The van der Waals surface area contributed by atoms with Crippen molar-refractivity contribution in [3.05, 3.63) is 59.0 Å². The van der Waals surface area contributed by atoms with Gasteiger partial charge in [0, 0.05) is 37.0 Å². The Kier molecular flexibility index (Phi) is 9.17. The summed E-state index contributed by atoms with van der Waals surface area (Å²) in [4.78, 5) is 19.5. The predicted molar refractivity (Wildman–Crippen MR) is 130 cm³/mol. The number of rotatable bonds is 8. The Hall–Kier alpha value is -3.43. The largest absolute Gasteiger partial charge is 0.444 e. The maximum Gasteiger partial charge on any atom is 0.413 e. The first-order valence-electron chi connectivity index (χ1n) is 12.0. The number of nitriles is 1. The molecular weight excluding hydrogens is 508 g/mol. The van der Waals surface area contributed by atoms with E-state index in [0.717, 1.165) is 12.1 Å². The van der Waals surface area contributed by atoms with Crippen molar-refractivity contribution < 1.29 is 36.6 Å². The number of ether oxygens (including phenoxy) is 3. The summed E-state index contributed by atoms with van der Waals surface area (Å²) in [5.74, 6) is -0.730. The van der Waals surface area contributed by atoms with Crippen LogP contribution in [0.4, 0.5) is 28.2 Å². The summed E-state index contributed by atoms with van der Waals surface area (Å²) in [6, 6.07) is 5.60. The number of pyridine rings is 1. The fraction of sp³-hybridized carbons (Fsp3) is 0.500. The third kappa shape index (κ3) is 7.33. The molecule has 1 atom stereocenters. The van der Waals surface area contributed by atoms with Crippen molar-refractivity contribution in [2.45, 2.75) is 51.8 Å². The molecule has 1 aliphatic heterocycles. The summed E-state index contributed by atoms with van der Waals surface area (Å²) < 4.78 is 74.9. The summed E-state index contributed by atoms with van der Waals surface area (Å²) in [6.45, 7) is 6.66. The molecule has 8 nitrogen and oxygen atoms in total. The molecule has 0 bridgehead atoms. The number of likely N-dealkylation sites (N-methyl/N-ethyl adjacent to an activating group) is 1. The van der Waals surface area contributed by atoms with Crippen molar-refractivity contribution >= 4 is 11.9 Å². The van der Waals surface area contributed by atoms with Crippen LogP contribution in [0, 0.1) is 17.1 Å². The molecule has 0 saturated carbocycles. The topological polar surface area (TPSA) is 87.9 Å². The number of hydrogen-bond donors (Lipinski definition) is 0. The van der Waals surface area contributed by atoms with Gasteiger partial charge in [0.15, 0.2) is 12.3 Å². The van der Waals surface area contributed by atoms with Crippen LogP contribution in [0.3, 0.4) is 0 Å². The SMILES string of the molecule is CCN(CCN(C(=O)OC(C)(C)C)C(c1cc(C2OCCO2)ccc1F)C(F)(F)F)c1ccc(C#N)cn1. The highest BCUT2D eigenvalue weighted by Gasteiger charge is 2.49. The van der Waals surface area contributed by atoms with Gasteiger partial charge in [-0.1, -0.05) is 6.07 Å². The number of anilines is 1. The minimum Gasteiger partial charge on any atom is -0.444 e. The Balaban J connectivity index is 2.00. The molecule has 3 rings (SSSR count). The number of hydrogen-bond acceptors (Lipinski definition) is 7. The van der Waals surface area contributed by atoms with Gasteiger partial charge in [0.1, 0.15) is 23.3 Å². The van der Waals surface area contributed by atoms with Crippen molar-refractivity contribution in [3.8, 4) is 6.07 Å². The molecule has 1 aromatic heterocycles. The Labute approximate surface area is 218 Å². The average molecular weight is 539 g/mol. The lowest BCUT2D eigenvalue weighted by atomic mass is 10.0. The number of amides is 1. The van der Waals surface area contributed by atoms with Crippen LogP contribution in [0.5, 0.6) is 0 Å². The minimum atomic E-state index is -5.04. The van der Waals surface area contributed by atoms with Crippen molar-refractivity contribution in [2.75, 3.05) is 37.7 Å². The third-order valence-corrected chi connectivity index (χ3v) is 5.65. The van der Waals surface area contributed by atoms with Gasteiger partial charge in [-0.2, -0.15) is 18.4 Å². The molecule has 1 fully saturated rings. The monoisotopic (exact) mass is 538 g/mol. The van der Waals surface area contributed by atoms with E-state index in [1.807, 2.05) is 6.07 Å². The number of benzene rings is 1. The summed E-state index contributed by atoms with van der Waals surface area (Å²) in [7, 11) is 0. The minimum absolute atomic E-state index is 0.0720. The molecule has 1 aliphatic rings. The molecule has 12 heteroatoms. The average Bonchev–Trinajstić information content (AvgIpc) is 3.38. The van der Waals surface area contributed by atoms with Gasteiger partial charge in [-0.15, -0.1) is 0 Å². The second-order valence-electron chi connectivity index (χ2n) is 9.57. The standard InChI is InChI=1S/C26H30F4N4O4/c1-5-33(21-9-6-17(15-31)16-32-21)10-11-34(24(35)38-25(2,3)4)22(26(28,29)30)19-14-18(7-8-20(19)27)23-36-12-13-37-23/h6-9,14,16,22-23H,5,10-13H2,1-4H3. The first-order chi connectivity index (χ1) is 17.8. The third-order valence-electron chi connectivity index (χ3n) is 5.65. The number of carbonyl (C=O) groups is 1.